The first kappa shape index (κ1) is 21.0. The molecule has 5 nitrogen and oxygen atoms in total. The number of ether oxygens (including phenoxy) is 1. The van der Waals surface area contributed by atoms with Gasteiger partial charge >= 0.3 is 0 Å². The van der Waals surface area contributed by atoms with Gasteiger partial charge in [-0.05, 0) is 55.7 Å². The molecule has 0 bridgehead atoms. The van der Waals surface area contributed by atoms with Crippen LogP contribution in [0.4, 0.5) is 0 Å². The number of hydrogen-bond acceptors (Lipinski definition) is 2. The first-order chi connectivity index (χ1) is 12.3. The molecule has 1 aromatic heterocycles. The molecule has 0 saturated heterocycles. The van der Waals surface area contributed by atoms with Gasteiger partial charge in [0.05, 0.1) is 0 Å². The van der Waals surface area contributed by atoms with Crippen LogP contribution in [0, 0.1) is 12.8 Å². The number of aromatic amines is 1. The highest BCUT2D eigenvalue weighted by Gasteiger charge is 2.20. The summed E-state index contributed by atoms with van der Waals surface area (Å²) >= 11 is 0. The summed E-state index contributed by atoms with van der Waals surface area (Å²) in [5.74, 6) is 1.70. The third kappa shape index (κ3) is 6.16. The maximum absolute atomic E-state index is 5.65. The van der Waals surface area contributed by atoms with Gasteiger partial charge in [-0.1, -0.05) is 12.1 Å². The zero-order valence-electron chi connectivity index (χ0n) is 15.8. The number of fused-ring (bicyclic) bond motifs is 1. The van der Waals surface area contributed by atoms with Gasteiger partial charge in [-0.3, -0.25) is 4.99 Å². The zero-order chi connectivity index (χ0) is 17.5. The van der Waals surface area contributed by atoms with E-state index in [2.05, 4.69) is 51.9 Å². The standard InChI is InChI=1S/C20H30N4O.HI/c1-15-5-3-6-18-19(15)17(13-24-18)9-11-23-20(21-2)22-10-4-12-25-14-16-7-8-16;/h3,5-6,13,16,24H,4,7-12,14H2,1-2H3,(H2,21,22,23);1H. The van der Waals surface area contributed by atoms with Gasteiger partial charge in [0, 0.05) is 50.5 Å². The molecule has 6 heteroatoms. The number of benzene rings is 1. The summed E-state index contributed by atoms with van der Waals surface area (Å²) in [6.07, 6.45) is 6.80. The molecule has 26 heavy (non-hydrogen) atoms. The highest BCUT2D eigenvalue weighted by atomic mass is 127. The number of halogens is 1. The summed E-state index contributed by atoms with van der Waals surface area (Å²) in [5.41, 5.74) is 3.88. The fraction of sp³-hybridized carbons (Fsp3) is 0.550. The average molecular weight is 470 g/mol. The summed E-state index contributed by atoms with van der Waals surface area (Å²) < 4.78 is 5.65. The number of nitrogens with one attached hydrogen (secondary N) is 3. The van der Waals surface area contributed by atoms with E-state index in [1.54, 1.807) is 0 Å². The first-order valence-electron chi connectivity index (χ1n) is 9.35. The quantitative estimate of drug-likeness (QED) is 0.227. The molecule has 0 radical (unpaired) electrons. The van der Waals surface area contributed by atoms with Crippen molar-refractivity contribution in [3.05, 3.63) is 35.5 Å². The monoisotopic (exact) mass is 470 g/mol. The van der Waals surface area contributed by atoms with Gasteiger partial charge in [-0.25, -0.2) is 0 Å². The van der Waals surface area contributed by atoms with Gasteiger partial charge in [0.1, 0.15) is 0 Å². The van der Waals surface area contributed by atoms with E-state index in [4.69, 9.17) is 4.74 Å². The molecular formula is C20H31IN4O. The molecule has 0 spiro atoms. The molecule has 0 amide bonds. The second-order valence-corrected chi connectivity index (χ2v) is 6.86. The van der Waals surface area contributed by atoms with Crippen molar-refractivity contribution in [2.24, 2.45) is 10.9 Å². The van der Waals surface area contributed by atoms with Crippen LogP contribution < -0.4 is 10.6 Å². The van der Waals surface area contributed by atoms with Crippen LogP contribution in [0.15, 0.2) is 29.4 Å². The largest absolute Gasteiger partial charge is 0.381 e. The van der Waals surface area contributed by atoms with Crippen molar-refractivity contribution in [1.29, 1.82) is 0 Å². The Labute approximate surface area is 173 Å². The number of aliphatic imine (C=N–C) groups is 1. The molecule has 144 valence electrons. The van der Waals surface area contributed by atoms with Crippen molar-refractivity contribution in [2.45, 2.75) is 32.6 Å². The van der Waals surface area contributed by atoms with E-state index in [1.165, 1.54) is 34.9 Å². The van der Waals surface area contributed by atoms with Crippen molar-refractivity contribution < 1.29 is 4.74 Å². The smallest absolute Gasteiger partial charge is 0.190 e. The van der Waals surface area contributed by atoms with Crippen LogP contribution in [-0.2, 0) is 11.2 Å². The van der Waals surface area contributed by atoms with E-state index in [9.17, 15) is 0 Å². The lowest BCUT2D eigenvalue weighted by atomic mass is 10.1. The van der Waals surface area contributed by atoms with Gasteiger partial charge in [0.2, 0.25) is 0 Å². The van der Waals surface area contributed by atoms with Crippen LogP contribution >= 0.6 is 24.0 Å². The second-order valence-electron chi connectivity index (χ2n) is 6.86. The Hall–Kier alpha value is -1.28. The summed E-state index contributed by atoms with van der Waals surface area (Å²) in [6.45, 7) is 5.68. The van der Waals surface area contributed by atoms with E-state index < -0.39 is 0 Å². The van der Waals surface area contributed by atoms with Crippen molar-refractivity contribution in [2.75, 3.05) is 33.4 Å². The Kier molecular flexibility index (Phi) is 8.71. The number of aromatic nitrogens is 1. The van der Waals surface area contributed by atoms with Crippen LogP contribution in [-0.4, -0.2) is 44.3 Å². The molecule has 3 N–H and O–H groups in total. The fourth-order valence-electron chi connectivity index (χ4n) is 3.10. The molecule has 1 aromatic carbocycles. The van der Waals surface area contributed by atoms with Gasteiger partial charge in [0.25, 0.3) is 0 Å². The lowest BCUT2D eigenvalue weighted by Crippen LogP contribution is -2.39. The lowest BCUT2D eigenvalue weighted by Gasteiger charge is -2.12. The van der Waals surface area contributed by atoms with E-state index >= 15 is 0 Å². The molecular weight excluding hydrogens is 439 g/mol. The minimum atomic E-state index is 0. The normalized spacial score (nSPS) is 14.3. The van der Waals surface area contributed by atoms with Crippen LogP contribution in [0.2, 0.25) is 0 Å². The summed E-state index contributed by atoms with van der Waals surface area (Å²) in [7, 11) is 1.81. The number of guanidine groups is 1. The molecule has 1 aliphatic rings. The molecule has 1 saturated carbocycles. The highest BCUT2D eigenvalue weighted by Crippen LogP contribution is 2.28. The highest BCUT2D eigenvalue weighted by molar-refractivity contribution is 14.0. The topological polar surface area (TPSA) is 61.4 Å². The molecule has 0 aliphatic heterocycles. The number of H-pyrrole nitrogens is 1. The molecule has 1 aliphatic carbocycles. The van der Waals surface area contributed by atoms with E-state index in [0.29, 0.717) is 0 Å². The lowest BCUT2D eigenvalue weighted by molar-refractivity contribution is 0.123. The Morgan fingerprint density at radius 2 is 2.08 bits per heavy atom. The third-order valence-electron chi connectivity index (χ3n) is 4.71. The Morgan fingerprint density at radius 1 is 1.27 bits per heavy atom. The van der Waals surface area contributed by atoms with Crippen molar-refractivity contribution in [3.8, 4) is 0 Å². The Morgan fingerprint density at radius 3 is 2.85 bits per heavy atom. The van der Waals surface area contributed by atoms with Crippen LogP contribution in [0.25, 0.3) is 10.9 Å². The maximum atomic E-state index is 5.65. The SMILES string of the molecule is CN=C(NCCCOCC1CC1)NCCc1c[nH]c2cccc(C)c12.I. The Bertz CT molecular complexity index is 709. The van der Waals surface area contributed by atoms with Gasteiger partial charge < -0.3 is 20.4 Å². The van der Waals surface area contributed by atoms with Crippen LogP contribution in [0.1, 0.15) is 30.4 Å². The van der Waals surface area contributed by atoms with E-state index in [0.717, 1.165) is 51.0 Å². The molecule has 1 fully saturated rings. The van der Waals surface area contributed by atoms with Gasteiger partial charge in [0.15, 0.2) is 5.96 Å². The summed E-state index contributed by atoms with van der Waals surface area (Å²) in [4.78, 5) is 7.65. The second kappa shape index (κ2) is 10.8. The summed E-state index contributed by atoms with van der Waals surface area (Å²) in [6, 6.07) is 6.39. The number of hydrogen-bond donors (Lipinski definition) is 3. The predicted molar refractivity (Wildman–Crippen MR) is 120 cm³/mol. The fourth-order valence-corrected chi connectivity index (χ4v) is 3.10. The zero-order valence-corrected chi connectivity index (χ0v) is 18.1. The molecule has 1 heterocycles. The third-order valence-corrected chi connectivity index (χ3v) is 4.71. The molecule has 0 atom stereocenters. The van der Waals surface area contributed by atoms with E-state index in [1.807, 2.05) is 7.05 Å². The van der Waals surface area contributed by atoms with Crippen molar-refractivity contribution in [3.63, 3.8) is 0 Å². The van der Waals surface area contributed by atoms with Gasteiger partial charge in [-0.15, -0.1) is 24.0 Å². The Balaban J connectivity index is 0.00000243. The number of nitrogens with zero attached hydrogens (tertiary/aromatic N) is 1. The number of aryl methyl sites for hydroxylation is 1. The van der Waals surface area contributed by atoms with E-state index in [-0.39, 0.29) is 24.0 Å². The minimum Gasteiger partial charge on any atom is -0.381 e. The average Bonchev–Trinajstić information content (AvgIpc) is 3.35. The number of rotatable bonds is 9. The van der Waals surface area contributed by atoms with Gasteiger partial charge in [-0.2, -0.15) is 0 Å². The van der Waals surface area contributed by atoms with Crippen LogP contribution in [0.5, 0.6) is 0 Å². The van der Waals surface area contributed by atoms with Crippen molar-refractivity contribution in [1.82, 2.24) is 15.6 Å². The predicted octanol–water partition coefficient (Wildman–Crippen LogP) is 3.62. The molecule has 0 unspecified atom stereocenters. The van der Waals surface area contributed by atoms with Crippen LogP contribution in [0.3, 0.4) is 0 Å². The minimum absolute atomic E-state index is 0. The molecule has 3 rings (SSSR count). The maximum Gasteiger partial charge on any atom is 0.190 e. The summed E-state index contributed by atoms with van der Waals surface area (Å²) in [5, 5.41) is 8.10. The first-order valence-corrected chi connectivity index (χ1v) is 9.35. The van der Waals surface area contributed by atoms with Crippen molar-refractivity contribution >= 4 is 40.8 Å². The molecule has 2 aromatic rings.